The zero-order chi connectivity index (χ0) is 22.5. The molecule has 0 radical (unpaired) electrons. The highest BCUT2D eigenvalue weighted by molar-refractivity contribution is 5.82. The number of rotatable bonds is 4. The van der Waals surface area contributed by atoms with Gasteiger partial charge in [0.15, 0.2) is 17.3 Å². The fraction of sp³-hybridized carbons (Fsp3) is 0.150. The Bertz CT molecular complexity index is 1490. The van der Waals surface area contributed by atoms with Crippen molar-refractivity contribution in [1.82, 2.24) is 34.1 Å². The van der Waals surface area contributed by atoms with Gasteiger partial charge in [-0.05, 0) is 25.1 Å². The number of halogens is 3. The summed E-state index contributed by atoms with van der Waals surface area (Å²) >= 11 is 0. The first-order chi connectivity index (χ1) is 15.3. The number of aromatic amines is 1. The first-order valence-electron chi connectivity index (χ1n) is 9.52. The average molecular weight is 440 g/mol. The number of nitrogens with zero attached hydrogens (tertiary/aromatic N) is 6. The normalized spacial score (nSPS) is 13.0. The summed E-state index contributed by atoms with van der Waals surface area (Å²) in [6, 6.07) is 8.61. The van der Waals surface area contributed by atoms with E-state index in [-0.39, 0.29) is 5.82 Å². The molecule has 5 aromatic rings. The molecule has 9 nitrogen and oxygen atoms in total. The van der Waals surface area contributed by atoms with Crippen LogP contribution in [0.25, 0.3) is 22.4 Å². The van der Waals surface area contributed by atoms with Crippen LogP contribution in [-0.2, 0) is 6.18 Å². The molecule has 0 unspecified atom stereocenters. The summed E-state index contributed by atoms with van der Waals surface area (Å²) in [5.74, 6) is 0.613. The van der Waals surface area contributed by atoms with Gasteiger partial charge in [-0.25, -0.2) is 19.5 Å². The van der Waals surface area contributed by atoms with Crippen LogP contribution in [0.5, 0.6) is 0 Å². The lowest BCUT2D eigenvalue weighted by atomic mass is 10.2. The first-order valence-corrected chi connectivity index (χ1v) is 9.52. The summed E-state index contributed by atoms with van der Waals surface area (Å²) < 4.78 is 42.6. The van der Waals surface area contributed by atoms with Crippen LogP contribution in [0.4, 0.5) is 19.0 Å². The molecule has 1 atom stereocenters. The number of hydrogen-bond donors (Lipinski definition) is 2. The van der Waals surface area contributed by atoms with Crippen LogP contribution in [0, 0.1) is 0 Å². The minimum atomic E-state index is -4.69. The molecule has 12 heteroatoms. The van der Waals surface area contributed by atoms with E-state index in [2.05, 4.69) is 30.4 Å². The Labute approximate surface area is 177 Å². The lowest BCUT2D eigenvalue weighted by Gasteiger charge is -2.20. The standard InChI is InChI=1S/C20H15F3N8O/c1-11(28-17-14-16(25-9-24-14)26-10-27-17)18-29-30-8-7-13(20(21,22)23)15(30)19(32)31(18)12-5-3-2-4-6-12/h2-11H,1H3,(H2,24,25,26,27,28)/t11-/m0/s1. The van der Waals surface area contributed by atoms with Gasteiger partial charge in [-0.15, -0.1) is 0 Å². The lowest BCUT2D eigenvalue weighted by molar-refractivity contribution is -0.136. The highest BCUT2D eigenvalue weighted by Crippen LogP contribution is 2.32. The molecule has 0 fully saturated rings. The Hall–Kier alpha value is -4.22. The number of alkyl halides is 3. The molecular formula is C20H15F3N8O. The Morgan fingerprint density at radius 2 is 1.88 bits per heavy atom. The van der Waals surface area contributed by atoms with Gasteiger partial charge in [0.25, 0.3) is 5.56 Å². The molecule has 4 aromatic heterocycles. The van der Waals surface area contributed by atoms with Crippen molar-refractivity contribution in [3.8, 4) is 5.69 Å². The first kappa shape index (κ1) is 19.7. The van der Waals surface area contributed by atoms with E-state index in [9.17, 15) is 18.0 Å². The number of aromatic nitrogens is 7. The van der Waals surface area contributed by atoms with E-state index in [1.54, 1.807) is 37.3 Å². The summed E-state index contributed by atoms with van der Waals surface area (Å²) in [5, 5.41) is 7.50. The number of hydrogen-bond acceptors (Lipinski definition) is 6. The molecule has 5 rings (SSSR count). The third-order valence-corrected chi connectivity index (χ3v) is 4.99. The maximum atomic E-state index is 13.5. The summed E-state index contributed by atoms with van der Waals surface area (Å²) in [4.78, 5) is 28.6. The molecule has 0 aliphatic heterocycles. The van der Waals surface area contributed by atoms with Gasteiger partial charge in [-0.3, -0.25) is 9.36 Å². The molecule has 4 heterocycles. The van der Waals surface area contributed by atoms with Crippen molar-refractivity contribution in [2.45, 2.75) is 19.1 Å². The Morgan fingerprint density at radius 1 is 1.09 bits per heavy atom. The monoisotopic (exact) mass is 440 g/mol. The van der Waals surface area contributed by atoms with Crippen molar-refractivity contribution >= 4 is 22.5 Å². The van der Waals surface area contributed by atoms with Gasteiger partial charge < -0.3 is 10.3 Å². The molecule has 0 amide bonds. The molecule has 32 heavy (non-hydrogen) atoms. The van der Waals surface area contributed by atoms with Crippen LogP contribution in [0.3, 0.4) is 0 Å². The van der Waals surface area contributed by atoms with Crippen LogP contribution < -0.4 is 10.9 Å². The van der Waals surface area contributed by atoms with Crippen LogP contribution in [0.15, 0.2) is 60.0 Å². The largest absolute Gasteiger partial charge is 0.418 e. The molecule has 0 spiro atoms. The Kier molecular flexibility index (Phi) is 4.43. The predicted molar refractivity (Wildman–Crippen MR) is 110 cm³/mol. The molecular weight excluding hydrogens is 425 g/mol. The summed E-state index contributed by atoms with van der Waals surface area (Å²) in [5.41, 5.74) is -1.04. The quantitative estimate of drug-likeness (QED) is 0.444. The Balaban J connectivity index is 1.71. The van der Waals surface area contributed by atoms with Crippen molar-refractivity contribution in [3.63, 3.8) is 0 Å². The molecule has 2 N–H and O–H groups in total. The number of para-hydroxylation sites is 1. The SMILES string of the molecule is C[C@H](Nc1ncnc2nc[nH]c12)c1nn2ccc(C(F)(F)F)c2c(=O)n1-c1ccccc1. The minimum Gasteiger partial charge on any atom is -0.358 e. The van der Waals surface area contributed by atoms with Crippen LogP contribution in [-0.4, -0.2) is 34.1 Å². The zero-order valence-electron chi connectivity index (χ0n) is 16.5. The molecule has 0 aliphatic rings. The maximum absolute atomic E-state index is 13.5. The van der Waals surface area contributed by atoms with Gasteiger partial charge in [-0.2, -0.15) is 18.3 Å². The third kappa shape index (κ3) is 3.16. The molecule has 0 aliphatic carbocycles. The summed E-state index contributed by atoms with van der Waals surface area (Å²) in [7, 11) is 0. The van der Waals surface area contributed by atoms with Gasteiger partial charge in [0.2, 0.25) is 0 Å². The molecule has 0 saturated heterocycles. The van der Waals surface area contributed by atoms with Crippen molar-refractivity contribution in [3.05, 3.63) is 77.0 Å². The van der Waals surface area contributed by atoms with E-state index >= 15 is 0 Å². The van der Waals surface area contributed by atoms with E-state index in [0.29, 0.717) is 22.7 Å². The third-order valence-electron chi connectivity index (χ3n) is 4.99. The fourth-order valence-electron chi connectivity index (χ4n) is 3.56. The van der Waals surface area contributed by atoms with Gasteiger partial charge in [0, 0.05) is 6.20 Å². The van der Waals surface area contributed by atoms with Gasteiger partial charge in [0.05, 0.1) is 23.6 Å². The van der Waals surface area contributed by atoms with Crippen molar-refractivity contribution in [2.24, 2.45) is 0 Å². The number of imidazole rings is 1. The van der Waals surface area contributed by atoms with Crippen molar-refractivity contribution in [2.75, 3.05) is 5.32 Å². The van der Waals surface area contributed by atoms with Crippen LogP contribution in [0.1, 0.15) is 24.4 Å². The van der Waals surface area contributed by atoms with E-state index in [1.165, 1.54) is 17.2 Å². The van der Waals surface area contributed by atoms with E-state index in [1.807, 2.05) is 0 Å². The summed E-state index contributed by atoms with van der Waals surface area (Å²) in [6.07, 6.45) is -0.760. The van der Waals surface area contributed by atoms with Gasteiger partial charge in [0.1, 0.15) is 17.4 Å². The molecule has 0 bridgehead atoms. The smallest absolute Gasteiger partial charge is 0.358 e. The minimum absolute atomic E-state index is 0.198. The highest BCUT2D eigenvalue weighted by Gasteiger charge is 2.36. The second-order valence-electron chi connectivity index (χ2n) is 7.04. The van der Waals surface area contributed by atoms with Crippen molar-refractivity contribution < 1.29 is 13.2 Å². The second-order valence-corrected chi connectivity index (χ2v) is 7.04. The number of H-pyrrole nitrogens is 1. The predicted octanol–water partition coefficient (Wildman–Crippen LogP) is 3.34. The number of nitrogens with one attached hydrogen (secondary N) is 2. The fourth-order valence-corrected chi connectivity index (χ4v) is 3.56. The number of fused-ring (bicyclic) bond motifs is 2. The number of anilines is 1. The van der Waals surface area contributed by atoms with E-state index in [0.717, 1.165) is 16.8 Å². The van der Waals surface area contributed by atoms with E-state index in [4.69, 9.17) is 0 Å². The second kappa shape index (κ2) is 7.18. The van der Waals surface area contributed by atoms with Gasteiger partial charge in [-0.1, -0.05) is 18.2 Å². The summed E-state index contributed by atoms with van der Waals surface area (Å²) in [6.45, 7) is 1.73. The topological polar surface area (TPSA) is 106 Å². The maximum Gasteiger partial charge on any atom is 0.418 e. The van der Waals surface area contributed by atoms with Crippen LogP contribution >= 0.6 is 0 Å². The van der Waals surface area contributed by atoms with E-state index < -0.39 is 28.9 Å². The number of benzene rings is 1. The highest BCUT2D eigenvalue weighted by atomic mass is 19.4. The molecule has 1 aromatic carbocycles. The van der Waals surface area contributed by atoms with Crippen molar-refractivity contribution in [1.29, 1.82) is 0 Å². The Morgan fingerprint density at radius 3 is 2.62 bits per heavy atom. The van der Waals surface area contributed by atoms with Gasteiger partial charge >= 0.3 is 6.18 Å². The molecule has 162 valence electrons. The molecule has 0 saturated carbocycles. The van der Waals surface area contributed by atoms with Crippen LogP contribution in [0.2, 0.25) is 0 Å². The average Bonchev–Trinajstić information content (AvgIpc) is 3.42. The lowest BCUT2D eigenvalue weighted by Crippen LogP contribution is -2.30. The zero-order valence-corrected chi connectivity index (χ0v) is 16.5.